The average molecular weight is 510 g/mol. The van der Waals surface area contributed by atoms with Crippen LogP contribution < -0.4 is 45.3 Å². The number of aliphatic hydroxyl groups excluding tert-OH is 2. The zero-order valence-electron chi connectivity index (χ0n) is 20.6. The van der Waals surface area contributed by atoms with Crippen LogP contribution in [0.4, 0.5) is 28.7 Å². The predicted octanol–water partition coefficient (Wildman–Crippen LogP) is -3.20. The number of anilines is 5. The number of hydrogen-bond acceptors (Lipinski definition) is 10. The van der Waals surface area contributed by atoms with Crippen LogP contribution in [-0.2, 0) is 40.3 Å². The quantitative estimate of drug-likeness (QED) is 0.173. The first-order valence-corrected chi connectivity index (χ1v) is 10.9. The van der Waals surface area contributed by atoms with E-state index in [4.69, 9.17) is 38.9 Å². The van der Waals surface area contributed by atoms with Crippen molar-refractivity contribution in [2.24, 2.45) is 14.1 Å². The molecule has 0 saturated carbocycles. The predicted molar refractivity (Wildman–Crippen MR) is 138 cm³/mol. The van der Waals surface area contributed by atoms with Crippen LogP contribution >= 0.6 is 0 Å². The van der Waals surface area contributed by atoms with Crippen LogP contribution in [-0.4, -0.2) is 51.5 Å². The van der Waals surface area contributed by atoms with Crippen LogP contribution in [0.5, 0.6) is 0 Å². The Balaban J connectivity index is 0.000000190. The van der Waals surface area contributed by atoms with E-state index >= 15 is 0 Å². The molecule has 3 aromatic heterocycles. The number of allylic oxidation sites excluding steroid dienone is 2. The molecule has 0 spiro atoms. The highest BCUT2D eigenvalue weighted by Crippen LogP contribution is 2.12. The Kier molecular flexibility index (Phi) is 8.85. The molecule has 12 N–H and O–H groups in total. The van der Waals surface area contributed by atoms with Gasteiger partial charge in [-0.1, -0.05) is 12.2 Å². The van der Waals surface area contributed by atoms with E-state index in [1.807, 2.05) is 12.2 Å². The van der Waals surface area contributed by atoms with E-state index in [0.29, 0.717) is 18.9 Å². The molecule has 36 heavy (non-hydrogen) atoms. The summed E-state index contributed by atoms with van der Waals surface area (Å²) in [6.07, 6.45) is 3.87. The van der Waals surface area contributed by atoms with E-state index in [0.717, 1.165) is 5.69 Å². The molecule has 0 bridgehead atoms. The third kappa shape index (κ3) is 5.18. The SMILES string of the molecule is Cc1c(N)c(=O)n(CCO)n1C.Cn1c(=O)c(N)c(N)n1CCO.Nc1c(N)n2n(c1=O)CC=CC2. The zero-order chi connectivity index (χ0) is 27.3. The molecule has 200 valence electrons. The topological polar surface area (TPSA) is 251 Å². The highest BCUT2D eigenvalue weighted by Gasteiger charge is 2.15. The van der Waals surface area contributed by atoms with Gasteiger partial charge in [0.2, 0.25) is 0 Å². The molecule has 4 rings (SSSR count). The lowest BCUT2D eigenvalue weighted by Crippen LogP contribution is -2.25. The van der Waals surface area contributed by atoms with Crippen molar-refractivity contribution in [3.63, 3.8) is 0 Å². The second-order valence-corrected chi connectivity index (χ2v) is 7.89. The minimum absolute atomic E-state index is 0.0333. The van der Waals surface area contributed by atoms with E-state index in [1.165, 1.54) is 18.7 Å². The number of aromatic nitrogens is 6. The molecule has 3 aromatic rings. The van der Waals surface area contributed by atoms with Crippen molar-refractivity contribution in [2.75, 3.05) is 41.9 Å². The second kappa shape index (κ2) is 11.4. The van der Waals surface area contributed by atoms with Crippen LogP contribution in [0.3, 0.4) is 0 Å². The summed E-state index contributed by atoms with van der Waals surface area (Å²) < 4.78 is 8.97. The maximum absolute atomic E-state index is 11.3. The van der Waals surface area contributed by atoms with Gasteiger partial charge in [-0.3, -0.25) is 33.1 Å². The second-order valence-electron chi connectivity index (χ2n) is 7.89. The lowest BCUT2D eigenvalue weighted by atomic mass is 10.4. The van der Waals surface area contributed by atoms with Crippen molar-refractivity contribution >= 4 is 28.7 Å². The maximum Gasteiger partial charge on any atom is 0.292 e. The van der Waals surface area contributed by atoms with Crippen LogP contribution in [0.2, 0.25) is 0 Å². The summed E-state index contributed by atoms with van der Waals surface area (Å²) in [4.78, 5) is 33.8. The molecule has 0 radical (unpaired) electrons. The summed E-state index contributed by atoms with van der Waals surface area (Å²) in [5, 5.41) is 17.3. The molecular weight excluding hydrogens is 474 g/mol. The number of nitrogens with two attached hydrogens (primary N) is 5. The Morgan fingerprint density at radius 3 is 1.61 bits per heavy atom. The van der Waals surface area contributed by atoms with Crippen LogP contribution in [0.15, 0.2) is 26.5 Å². The number of nitrogen functional groups attached to an aromatic ring is 5. The first-order chi connectivity index (χ1) is 16.9. The van der Waals surface area contributed by atoms with E-state index in [1.54, 1.807) is 30.4 Å². The van der Waals surface area contributed by atoms with Crippen LogP contribution in [0.25, 0.3) is 0 Å². The van der Waals surface area contributed by atoms with E-state index in [9.17, 15) is 14.4 Å². The van der Waals surface area contributed by atoms with Crippen molar-refractivity contribution in [1.82, 2.24) is 28.1 Å². The normalized spacial score (nSPS) is 11.9. The Hall–Kier alpha value is -4.31. The Bertz CT molecular complexity index is 1410. The molecule has 4 heterocycles. The molecule has 16 heteroatoms. The number of nitrogens with zero attached hydrogens (tertiary/aromatic N) is 6. The minimum atomic E-state index is -0.332. The van der Waals surface area contributed by atoms with Crippen molar-refractivity contribution in [3.05, 3.63) is 48.9 Å². The van der Waals surface area contributed by atoms with Gasteiger partial charge in [0.1, 0.15) is 28.7 Å². The van der Waals surface area contributed by atoms with Gasteiger partial charge in [-0.05, 0) is 6.92 Å². The molecule has 0 atom stereocenters. The van der Waals surface area contributed by atoms with Gasteiger partial charge in [-0.15, -0.1) is 0 Å². The van der Waals surface area contributed by atoms with Gasteiger partial charge in [-0.25, -0.2) is 9.36 Å². The van der Waals surface area contributed by atoms with Crippen LogP contribution in [0, 0.1) is 6.92 Å². The van der Waals surface area contributed by atoms with Gasteiger partial charge in [0.05, 0.1) is 45.1 Å². The summed E-state index contributed by atoms with van der Waals surface area (Å²) in [7, 11) is 3.29. The summed E-state index contributed by atoms with van der Waals surface area (Å²) in [5.74, 6) is 0.570. The van der Waals surface area contributed by atoms with E-state index in [2.05, 4.69) is 0 Å². The zero-order valence-corrected chi connectivity index (χ0v) is 20.6. The largest absolute Gasteiger partial charge is 0.394 e. The number of hydrogen-bond donors (Lipinski definition) is 7. The van der Waals surface area contributed by atoms with Crippen LogP contribution in [0.1, 0.15) is 5.69 Å². The molecule has 16 nitrogen and oxygen atoms in total. The Labute approximate surface area is 205 Å². The Morgan fingerprint density at radius 1 is 0.694 bits per heavy atom. The van der Waals surface area contributed by atoms with Gasteiger partial charge in [0, 0.05) is 14.1 Å². The number of rotatable bonds is 4. The standard InChI is InChI=1S/C7H10N4O.C7H13N3O2.C6H12N4O2/c8-5-6(9)10-3-1-2-4-11(10)7(5)12;1-5-6(8)7(12)10(3-4-11)9(5)2;1-9-6(12)4(7)5(8)10(9)2-3-11/h1-2H,3-4,8-9H2;11H,3-4,8H2,1-2H3;11H,2-3,7-8H2,1H3. The van der Waals surface area contributed by atoms with Crippen molar-refractivity contribution in [3.8, 4) is 0 Å². The smallest absolute Gasteiger partial charge is 0.292 e. The fourth-order valence-corrected chi connectivity index (χ4v) is 3.55. The minimum Gasteiger partial charge on any atom is -0.394 e. The summed E-state index contributed by atoms with van der Waals surface area (Å²) in [6.45, 7) is 3.37. The molecule has 0 unspecified atom stereocenters. The average Bonchev–Trinajstić information content (AvgIpc) is 3.29. The summed E-state index contributed by atoms with van der Waals surface area (Å²) in [6, 6.07) is 0. The summed E-state index contributed by atoms with van der Waals surface area (Å²) in [5.41, 5.74) is 27.9. The molecule has 0 aromatic carbocycles. The highest BCUT2D eigenvalue weighted by molar-refractivity contribution is 5.58. The third-order valence-corrected chi connectivity index (χ3v) is 5.80. The number of fused-ring (bicyclic) bond motifs is 1. The van der Waals surface area contributed by atoms with Crippen molar-refractivity contribution in [2.45, 2.75) is 33.1 Å². The van der Waals surface area contributed by atoms with Crippen molar-refractivity contribution < 1.29 is 10.2 Å². The molecule has 0 fully saturated rings. The van der Waals surface area contributed by atoms with Gasteiger partial charge >= 0.3 is 0 Å². The third-order valence-electron chi connectivity index (χ3n) is 5.80. The lowest BCUT2D eigenvalue weighted by molar-refractivity contribution is 0.258. The molecule has 0 saturated heterocycles. The number of aliphatic hydroxyl groups is 2. The first kappa shape index (κ1) is 27.9. The molecular formula is C20H35N11O5. The first-order valence-electron chi connectivity index (χ1n) is 10.9. The van der Waals surface area contributed by atoms with Gasteiger partial charge < -0.3 is 38.9 Å². The lowest BCUT2D eigenvalue weighted by Gasteiger charge is -2.12. The summed E-state index contributed by atoms with van der Waals surface area (Å²) >= 11 is 0. The van der Waals surface area contributed by atoms with Gasteiger partial charge in [0.15, 0.2) is 0 Å². The van der Waals surface area contributed by atoms with E-state index in [-0.39, 0.29) is 65.9 Å². The fraction of sp³-hybridized carbons (Fsp3) is 0.450. The van der Waals surface area contributed by atoms with Crippen molar-refractivity contribution in [1.29, 1.82) is 0 Å². The highest BCUT2D eigenvalue weighted by atomic mass is 16.3. The fourth-order valence-electron chi connectivity index (χ4n) is 3.55. The molecule has 0 amide bonds. The maximum atomic E-state index is 11.3. The Morgan fingerprint density at radius 2 is 1.19 bits per heavy atom. The monoisotopic (exact) mass is 509 g/mol. The van der Waals surface area contributed by atoms with E-state index < -0.39 is 0 Å². The molecule has 0 aliphatic carbocycles. The van der Waals surface area contributed by atoms with Gasteiger partial charge in [-0.2, -0.15) is 0 Å². The van der Waals surface area contributed by atoms with Gasteiger partial charge in [0.25, 0.3) is 16.7 Å². The molecule has 1 aliphatic rings. The molecule has 1 aliphatic heterocycles.